The van der Waals surface area contributed by atoms with Crippen molar-refractivity contribution in [2.24, 2.45) is 11.7 Å². The van der Waals surface area contributed by atoms with E-state index in [1.54, 1.807) is 6.92 Å². The van der Waals surface area contributed by atoms with Gasteiger partial charge >= 0.3 is 5.97 Å². The van der Waals surface area contributed by atoms with E-state index in [-0.39, 0.29) is 23.9 Å². The fraction of sp³-hybridized carbons (Fsp3) is 0.333. The van der Waals surface area contributed by atoms with Gasteiger partial charge in [0.1, 0.15) is 5.75 Å². The number of anilines is 1. The van der Waals surface area contributed by atoms with Crippen molar-refractivity contribution >= 4 is 17.6 Å². The molecule has 18 heavy (non-hydrogen) atoms. The zero-order chi connectivity index (χ0) is 13.7. The zero-order valence-electron chi connectivity index (χ0n) is 10.3. The molecule has 98 valence electrons. The number of carbonyl (C=O) groups is 2. The summed E-state index contributed by atoms with van der Waals surface area (Å²) in [6.45, 7) is 1.90. The largest absolute Gasteiger partial charge is 0.495 e. The normalized spacial score (nSPS) is 11.7. The molecule has 0 saturated carbocycles. The fourth-order valence-corrected chi connectivity index (χ4v) is 1.30. The Kier molecular flexibility index (Phi) is 4.67. The predicted octanol–water partition coefficient (Wildman–Crippen LogP) is 0.927. The highest BCUT2D eigenvalue weighted by Gasteiger charge is 2.15. The van der Waals surface area contributed by atoms with E-state index >= 15 is 0 Å². The lowest BCUT2D eigenvalue weighted by molar-refractivity contribution is -0.119. The predicted molar refractivity (Wildman–Crippen MR) is 66.8 cm³/mol. The summed E-state index contributed by atoms with van der Waals surface area (Å²) in [7, 11) is 1.44. The summed E-state index contributed by atoms with van der Waals surface area (Å²) in [5.41, 5.74) is 5.79. The minimum Gasteiger partial charge on any atom is -0.495 e. The van der Waals surface area contributed by atoms with Gasteiger partial charge in [0.2, 0.25) is 5.91 Å². The van der Waals surface area contributed by atoms with Crippen molar-refractivity contribution in [3.63, 3.8) is 0 Å². The highest BCUT2D eigenvalue weighted by molar-refractivity contribution is 5.96. The summed E-state index contributed by atoms with van der Waals surface area (Å²) in [5, 5.41) is 11.5. The summed E-state index contributed by atoms with van der Waals surface area (Å²) in [6, 6.07) is 4.25. The van der Waals surface area contributed by atoms with Crippen LogP contribution in [0.3, 0.4) is 0 Å². The first-order chi connectivity index (χ1) is 8.49. The number of amides is 1. The number of benzene rings is 1. The summed E-state index contributed by atoms with van der Waals surface area (Å²) in [5.74, 6) is -1.31. The number of carboxylic acids is 1. The SMILES string of the molecule is COc1ccc(C(=O)O)cc1NC(=O)C(C)CN. The summed E-state index contributed by atoms with van der Waals surface area (Å²) in [4.78, 5) is 22.6. The first-order valence-electron chi connectivity index (χ1n) is 5.41. The highest BCUT2D eigenvalue weighted by Crippen LogP contribution is 2.25. The molecule has 0 fully saturated rings. The Bertz CT molecular complexity index is 459. The van der Waals surface area contributed by atoms with E-state index in [1.165, 1.54) is 25.3 Å². The monoisotopic (exact) mass is 252 g/mol. The molecule has 0 spiro atoms. The molecule has 0 aliphatic carbocycles. The van der Waals surface area contributed by atoms with Crippen LogP contribution in [0.5, 0.6) is 5.75 Å². The van der Waals surface area contributed by atoms with Crippen molar-refractivity contribution in [3.8, 4) is 5.75 Å². The van der Waals surface area contributed by atoms with Crippen LogP contribution in [-0.2, 0) is 4.79 Å². The quantitative estimate of drug-likeness (QED) is 0.723. The molecule has 0 aliphatic rings. The van der Waals surface area contributed by atoms with Crippen LogP contribution in [0.2, 0.25) is 0 Å². The number of ether oxygens (including phenoxy) is 1. The van der Waals surface area contributed by atoms with Crippen LogP contribution >= 0.6 is 0 Å². The van der Waals surface area contributed by atoms with Crippen molar-refractivity contribution in [2.75, 3.05) is 19.0 Å². The molecule has 6 nitrogen and oxygen atoms in total. The van der Waals surface area contributed by atoms with Gasteiger partial charge in [-0.2, -0.15) is 0 Å². The molecule has 4 N–H and O–H groups in total. The Hall–Kier alpha value is -2.08. The van der Waals surface area contributed by atoms with Gasteiger partial charge in [0.05, 0.1) is 18.4 Å². The van der Waals surface area contributed by atoms with E-state index < -0.39 is 5.97 Å². The third kappa shape index (κ3) is 3.21. The molecular weight excluding hydrogens is 236 g/mol. The molecule has 6 heteroatoms. The number of carbonyl (C=O) groups excluding carboxylic acids is 1. The van der Waals surface area contributed by atoms with Gasteiger partial charge in [0, 0.05) is 12.5 Å². The second-order valence-corrected chi connectivity index (χ2v) is 3.85. The minimum atomic E-state index is -1.07. The average Bonchev–Trinajstić information content (AvgIpc) is 2.37. The summed E-state index contributed by atoms with van der Waals surface area (Å²) >= 11 is 0. The van der Waals surface area contributed by atoms with Gasteiger partial charge in [0.25, 0.3) is 0 Å². The third-order valence-electron chi connectivity index (χ3n) is 2.51. The van der Waals surface area contributed by atoms with Crippen molar-refractivity contribution in [1.29, 1.82) is 0 Å². The molecule has 1 amide bonds. The number of hydrogen-bond donors (Lipinski definition) is 3. The van der Waals surface area contributed by atoms with Crippen molar-refractivity contribution < 1.29 is 19.4 Å². The molecule has 1 aromatic carbocycles. The number of methoxy groups -OCH3 is 1. The second kappa shape index (κ2) is 6.02. The number of nitrogens with two attached hydrogens (primary N) is 1. The Morgan fingerprint density at radius 3 is 2.67 bits per heavy atom. The van der Waals surface area contributed by atoms with Crippen LogP contribution in [0.15, 0.2) is 18.2 Å². The fourth-order valence-electron chi connectivity index (χ4n) is 1.30. The topological polar surface area (TPSA) is 102 Å². The maximum Gasteiger partial charge on any atom is 0.335 e. The molecular formula is C12H16N2O4. The van der Waals surface area contributed by atoms with Gasteiger partial charge in [-0.05, 0) is 18.2 Å². The van der Waals surface area contributed by atoms with Gasteiger partial charge in [-0.15, -0.1) is 0 Å². The molecule has 0 heterocycles. The minimum absolute atomic E-state index is 0.0755. The molecule has 0 bridgehead atoms. The van der Waals surface area contributed by atoms with E-state index in [1.807, 2.05) is 0 Å². The van der Waals surface area contributed by atoms with Crippen LogP contribution in [0, 0.1) is 5.92 Å². The third-order valence-corrected chi connectivity index (χ3v) is 2.51. The van der Waals surface area contributed by atoms with Gasteiger partial charge < -0.3 is 20.9 Å². The van der Waals surface area contributed by atoms with E-state index in [2.05, 4.69) is 5.32 Å². The van der Waals surface area contributed by atoms with E-state index in [9.17, 15) is 9.59 Å². The van der Waals surface area contributed by atoms with E-state index in [0.29, 0.717) is 11.4 Å². The van der Waals surface area contributed by atoms with Crippen LogP contribution in [0.4, 0.5) is 5.69 Å². The molecule has 1 aromatic rings. The Morgan fingerprint density at radius 1 is 1.50 bits per heavy atom. The molecule has 0 aliphatic heterocycles. The van der Waals surface area contributed by atoms with Crippen molar-refractivity contribution in [1.82, 2.24) is 0 Å². The van der Waals surface area contributed by atoms with Crippen LogP contribution in [0.1, 0.15) is 17.3 Å². The lowest BCUT2D eigenvalue weighted by Crippen LogP contribution is -2.27. The maximum absolute atomic E-state index is 11.7. The van der Waals surface area contributed by atoms with Gasteiger partial charge in [-0.1, -0.05) is 6.92 Å². The lowest BCUT2D eigenvalue weighted by atomic mass is 10.1. The Morgan fingerprint density at radius 2 is 2.17 bits per heavy atom. The van der Waals surface area contributed by atoms with Crippen LogP contribution < -0.4 is 15.8 Å². The summed E-state index contributed by atoms with van der Waals surface area (Å²) in [6.07, 6.45) is 0. The maximum atomic E-state index is 11.7. The Balaban J connectivity index is 3.01. The van der Waals surface area contributed by atoms with Gasteiger partial charge in [0.15, 0.2) is 0 Å². The summed E-state index contributed by atoms with van der Waals surface area (Å²) < 4.78 is 5.06. The molecule has 1 atom stereocenters. The lowest BCUT2D eigenvalue weighted by Gasteiger charge is -2.13. The standard InChI is InChI=1S/C12H16N2O4/c1-7(6-13)11(15)14-9-5-8(12(16)17)3-4-10(9)18-2/h3-5,7H,6,13H2,1-2H3,(H,14,15)(H,16,17). The molecule has 1 unspecified atom stereocenters. The smallest absolute Gasteiger partial charge is 0.335 e. The number of nitrogens with one attached hydrogen (secondary N) is 1. The molecule has 0 saturated heterocycles. The Labute approximate surface area is 105 Å². The van der Waals surface area contributed by atoms with Gasteiger partial charge in [-0.25, -0.2) is 4.79 Å². The van der Waals surface area contributed by atoms with E-state index in [0.717, 1.165) is 0 Å². The first-order valence-corrected chi connectivity index (χ1v) is 5.41. The number of hydrogen-bond acceptors (Lipinski definition) is 4. The number of aromatic carboxylic acids is 1. The molecule has 0 radical (unpaired) electrons. The molecule has 0 aromatic heterocycles. The van der Waals surface area contributed by atoms with Gasteiger partial charge in [-0.3, -0.25) is 4.79 Å². The van der Waals surface area contributed by atoms with Crippen LogP contribution in [0.25, 0.3) is 0 Å². The number of rotatable bonds is 5. The first kappa shape index (κ1) is 14.0. The van der Waals surface area contributed by atoms with Crippen LogP contribution in [-0.4, -0.2) is 30.6 Å². The average molecular weight is 252 g/mol. The zero-order valence-corrected chi connectivity index (χ0v) is 10.3. The second-order valence-electron chi connectivity index (χ2n) is 3.85. The van der Waals surface area contributed by atoms with Crippen molar-refractivity contribution in [3.05, 3.63) is 23.8 Å². The number of carboxylic acid groups (broad SMARTS) is 1. The van der Waals surface area contributed by atoms with E-state index in [4.69, 9.17) is 15.6 Å². The highest BCUT2D eigenvalue weighted by atomic mass is 16.5. The van der Waals surface area contributed by atoms with Crippen molar-refractivity contribution in [2.45, 2.75) is 6.92 Å². The molecule has 1 rings (SSSR count).